The molecular weight excluding hydrogens is 601 g/mol. The maximum absolute atomic E-state index is 11.7. The summed E-state index contributed by atoms with van der Waals surface area (Å²) in [5.41, 5.74) is 0. The highest BCUT2D eigenvalue weighted by molar-refractivity contribution is 7.47. The fourth-order valence-electron chi connectivity index (χ4n) is 2.96. The molecule has 1 fully saturated rings. The highest BCUT2D eigenvalue weighted by Gasteiger charge is 2.61. The number of phosphoric ester groups is 5. The van der Waals surface area contributed by atoms with Crippen LogP contribution >= 0.6 is 39.1 Å². The van der Waals surface area contributed by atoms with Crippen LogP contribution in [0.5, 0.6) is 0 Å². The van der Waals surface area contributed by atoms with Crippen LogP contribution in [-0.2, 0) is 50.2 Å². The smallest absolute Gasteiger partial charge is 0.348 e. The third kappa shape index (κ3) is 12.4. The van der Waals surface area contributed by atoms with Crippen molar-refractivity contribution >= 4 is 45.0 Å². The number of hydrogen-bond acceptors (Lipinski definition) is 11. The van der Waals surface area contributed by atoms with Crippen molar-refractivity contribution in [2.75, 3.05) is 0 Å². The number of carbonyl (C=O) groups is 1. The Labute approximate surface area is 193 Å². The Bertz CT molecular complexity index is 939. The third-order valence-corrected chi connectivity index (χ3v) is 6.26. The van der Waals surface area contributed by atoms with Gasteiger partial charge in [-0.15, -0.1) is 0 Å². The molecule has 0 spiro atoms. The number of amides is 1. The van der Waals surface area contributed by atoms with Gasteiger partial charge in [0.05, 0.1) is 6.04 Å². The van der Waals surface area contributed by atoms with Gasteiger partial charge >= 0.3 is 39.1 Å². The second-order valence-electron chi connectivity index (χ2n) is 6.53. The molecule has 6 atom stereocenters. The van der Waals surface area contributed by atoms with Gasteiger partial charge in [0.25, 0.3) is 0 Å². The van der Waals surface area contributed by atoms with E-state index in [1.807, 2.05) is 0 Å². The summed E-state index contributed by atoms with van der Waals surface area (Å²) in [5, 5.41) is 1.75. The molecule has 208 valence electrons. The molecule has 0 aromatic rings. The molecule has 0 bridgehead atoms. The van der Waals surface area contributed by atoms with Crippen LogP contribution in [0.25, 0.3) is 0 Å². The molecule has 0 heterocycles. The molecule has 1 amide bonds. The molecule has 1 saturated carbocycles. The van der Waals surface area contributed by atoms with Crippen molar-refractivity contribution in [1.82, 2.24) is 5.32 Å². The molecule has 0 aliphatic heterocycles. The van der Waals surface area contributed by atoms with Crippen LogP contribution < -0.4 is 5.32 Å². The van der Waals surface area contributed by atoms with Gasteiger partial charge in [0.15, 0.2) is 0 Å². The first-order valence-corrected chi connectivity index (χ1v) is 15.9. The van der Waals surface area contributed by atoms with Gasteiger partial charge in [-0.1, -0.05) is 0 Å². The number of hydrogen-bond donors (Lipinski definition) is 11. The molecule has 11 N–H and O–H groups in total. The topological polar surface area (TPSA) is 363 Å². The summed E-state index contributed by atoms with van der Waals surface area (Å²) in [6.45, 7) is 0.693. The van der Waals surface area contributed by atoms with E-state index in [9.17, 15) is 76.6 Å². The molecule has 0 aromatic carbocycles. The summed E-state index contributed by atoms with van der Waals surface area (Å²) in [5.74, 6) is -1.21. The first-order chi connectivity index (χ1) is 15.3. The largest absolute Gasteiger partial charge is 0.470 e. The van der Waals surface area contributed by atoms with Gasteiger partial charge in [-0.3, -0.25) is 27.4 Å². The molecule has 0 saturated heterocycles. The Morgan fingerprint density at radius 3 is 0.914 bits per heavy atom. The van der Waals surface area contributed by atoms with E-state index in [1.165, 1.54) is 0 Å². The van der Waals surface area contributed by atoms with Gasteiger partial charge in [0, 0.05) is 6.92 Å². The second kappa shape index (κ2) is 11.4. The molecule has 35 heavy (non-hydrogen) atoms. The summed E-state index contributed by atoms with van der Waals surface area (Å²) in [6.07, 6.45) is -14.2. The monoisotopic (exact) mass is 621 g/mol. The summed E-state index contributed by atoms with van der Waals surface area (Å²) >= 11 is 0. The molecule has 1 rings (SSSR count). The SMILES string of the molecule is CC(=O)NC1[C@@H](OP(=O)(O)O)[C@H](OP(=O)(O)O)C(OP(=O)(O)O)[C@@H](OP(=O)(O)O)[C@H]1OP(=O)(O)O. The van der Waals surface area contributed by atoms with Crippen LogP contribution in [0.2, 0.25) is 0 Å². The maximum atomic E-state index is 11.7. The van der Waals surface area contributed by atoms with E-state index in [0.717, 1.165) is 0 Å². The van der Waals surface area contributed by atoms with E-state index < -0.39 is 81.6 Å². The summed E-state index contributed by atoms with van der Waals surface area (Å²) < 4.78 is 78.7. The van der Waals surface area contributed by atoms with E-state index >= 15 is 0 Å². The summed E-state index contributed by atoms with van der Waals surface area (Å²) in [4.78, 5) is 104. The molecular formula is C8H20NO21P5. The lowest BCUT2D eigenvalue weighted by atomic mass is 9.83. The predicted octanol–water partition coefficient (Wildman–Crippen LogP) is -3.11. The Morgan fingerprint density at radius 2 is 0.714 bits per heavy atom. The van der Waals surface area contributed by atoms with Crippen LogP contribution in [-0.4, -0.2) is 91.4 Å². The van der Waals surface area contributed by atoms with Crippen molar-refractivity contribution in [2.24, 2.45) is 0 Å². The molecule has 0 aromatic heterocycles. The molecule has 1 aliphatic rings. The predicted molar refractivity (Wildman–Crippen MR) is 102 cm³/mol. The Hall–Kier alpha value is 0.0200. The van der Waals surface area contributed by atoms with E-state index in [0.29, 0.717) is 6.92 Å². The van der Waals surface area contributed by atoms with Gasteiger partial charge < -0.3 is 54.3 Å². The Balaban J connectivity index is 3.98. The molecule has 2 unspecified atom stereocenters. The number of carbonyl (C=O) groups excluding carboxylic acids is 1. The first-order valence-electron chi connectivity index (χ1n) is 8.25. The molecule has 0 radical (unpaired) electrons. The zero-order valence-electron chi connectivity index (χ0n) is 16.7. The van der Waals surface area contributed by atoms with Gasteiger partial charge in [0.1, 0.15) is 30.5 Å². The third-order valence-electron chi connectivity index (χ3n) is 3.67. The Morgan fingerprint density at radius 1 is 0.514 bits per heavy atom. The van der Waals surface area contributed by atoms with Crippen molar-refractivity contribution < 1.29 is 99.2 Å². The normalized spacial score (nSPS) is 29.1. The summed E-state index contributed by atoms with van der Waals surface area (Å²) in [6, 6.07) is -2.45. The van der Waals surface area contributed by atoms with Crippen molar-refractivity contribution in [3.8, 4) is 0 Å². The van der Waals surface area contributed by atoms with Gasteiger partial charge in [-0.2, -0.15) is 0 Å². The zero-order chi connectivity index (χ0) is 27.8. The first kappa shape index (κ1) is 33.0. The van der Waals surface area contributed by atoms with Gasteiger partial charge in [-0.05, 0) is 0 Å². The molecule has 27 heteroatoms. The minimum Gasteiger partial charge on any atom is -0.348 e. The molecule has 22 nitrogen and oxygen atoms in total. The minimum absolute atomic E-state index is 0.693. The van der Waals surface area contributed by atoms with Crippen molar-refractivity contribution in [3.63, 3.8) is 0 Å². The number of phosphoric acid groups is 5. The van der Waals surface area contributed by atoms with Crippen LogP contribution in [0.3, 0.4) is 0 Å². The lowest BCUT2D eigenvalue weighted by Crippen LogP contribution is -2.70. The van der Waals surface area contributed by atoms with Crippen LogP contribution in [0, 0.1) is 0 Å². The van der Waals surface area contributed by atoms with Crippen LogP contribution in [0.15, 0.2) is 0 Å². The molecule has 1 aliphatic carbocycles. The lowest BCUT2D eigenvalue weighted by Gasteiger charge is -2.48. The second-order valence-corrected chi connectivity index (χ2v) is 12.5. The van der Waals surface area contributed by atoms with E-state index in [-0.39, 0.29) is 0 Å². The van der Waals surface area contributed by atoms with Crippen LogP contribution in [0.1, 0.15) is 6.92 Å². The van der Waals surface area contributed by atoms with E-state index in [2.05, 4.69) is 22.6 Å². The van der Waals surface area contributed by atoms with E-state index in [1.54, 1.807) is 5.32 Å². The quantitative estimate of drug-likeness (QED) is 0.102. The van der Waals surface area contributed by atoms with Crippen molar-refractivity contribution in [2.45, 2.75) is 43.5 Å². The van der Waals surface area contributed by atoms with Crippen molar-refractivity contribution in [3.05, 3.63) is 0 Å². The van der Waals surface area contributed by atoms with Crippen LogP contribution in [0.4, 0.5) is 0 Å². The minimum atomic E-state index is -5.89. The average molecular weight is 621 g/mol. The summed E-state index contributed by atoms with van der Waals surface area (Å²) in [7, 11) is -29.2. The average Bonchev–Trinajstić information content (AvgIpc) is 2.51. The fourth-order valence-corrected chi connectivity index (χ4v) is 5.77. The maximum Gasteiger partial charge on any atom is 0.470 e. The number of nitrogens with one attached hydrogen (secondary N) is 1. The fraction of sp³-hybridized carbons (Fsp3) is 0.875. The van der Waals surface area contributed by atoms with Gasteiger partial charge in [0.2, 0.25) is 5.91 Å². The zero-order valence-corrected chi connectivity index (χ0v) is 21.1. The van der Waals surface area contributed by atoms with Crippen molar-refractivity contribution in [1.29, 1.82) is 0 Å². The van der Waals surface area contributed by atoms with E-state index in [4.69, 9.17) is 0 Å². The van der Waals surface area contributed by atoms with Gasteiger partial charge in [-0.25, -0.2) is 22.8 Å². The highest BCUT2D eigenvalue weighted by Crippen LogP contribution is 2.54. The Kier molecular flexibility index (Phi) is 10.8. The lowest BCUT2D eigenvalue weighted by molar-refractivity contribution is -0.174. The highest BCUT2D eigenvalue weighted by atomic mass is 31.2. The standard InChI is InChI=1S/C8H20NO21P5/c1-2(10)9-3-4(26-31(11,12)13)6(28-33(17,18)19)8(30-35(23,24)25)7(29-34(20,21)22)5(3)27-32(14,15)16/h3-8H,1H3,(H,9,10)(H2,11,12,13)(H2,14,15,16)(H2,17,18,19)(H2,20,21,22)(H2,23,24,25)/t3?,4-,5+,6-,7-,8?/m0/s1. The number of rotatable bonds is 11.